The van der Waals surface area contributed by atoms with E-state index in [1.807, 2.05) is 51.1 Å². The van der Waals surface area contributed by atoms with Crippen LogP contribution < -0.4 is 16.2 Å². The minimum Gasteiger partial charge on any atom is -0.323 e. The van der Waals surface area contributed by atoms with E-state index in [4.69, 9.17) is 5.84 Å². The highest BCUT2D eigenvalue weighted by atomic mass is 16.2. The molecule has 0 unspecified atom stereocenters. The lowest BCUT2D eigenvalue weighted by atomic mass is 10.1. The fourth-order valence-corrected chi connectivity index (χ4v) is 2.43. The van der Waals surface area contributed by atoms with Crippen molar-refractivity contribution in [2.75, 3.05) is 17.4 Å². The van der Waals surface area contributed by atoms with Crippen LogP contribution in [0.1, 0.15) is 27.0 Å². The molecule has 0 radical (unpaired) electrons. The van der Waals surface area contributed by atoms with Gasteiger partial charge in [0, 0.05) is 12.7 Å². The highest BCUT2D eigenvalue weighted by Gasteiger charge is 2.18. The molecule has 4 heteroatoms. The summed E-state index contributed by atoms with van der Waals surface area (Å²) in [5.41, 5.74) is 7.95. The van der Waals surface area contributed by atoms with Crippen molar-refractivity contribution in [1.29, 1.82) is 0 Å². The van der Waals surface area contributed by atoms with Crippen LogP contribution in [-0.2, 0) is 0 Å². The Morgan fingerprint density at radius 2 is 1.67 bits per heavy atom. The van der Waals surface area contributed by atoms with Gasteiger partial charge in [0.1, 0.15) is 0 Å². The maximum Gasteiger partial charge on any atom is 0.260 e. The normalized spacial score (nSPS) is 10.3. The number of anilines is 2. The van der Waals surface area contributed by atoms with Crippen LogP contribution >= 0.6 is 0 Å². The van der Waals surface area contributed by atoms with Crippen LogP contribution in [0, 0.1) is 20.8 Å². The second-order valence-corrected chi connectivity index (χ2v) is 5.35. The molecule has 2 aromatic carbocycles. The zero-order chi connectivity index (χ0) is 15.6. The topological polar surface area (TPSA) is 58.4 Å². The summed E-state index contributed by atoms with van der Waals surface area (Å²) >= 11 is 0. The van der Waals surface area contributed by atoms with Crippen LogP contribution in [0.5, 0.6) is 0 Å². The molecule has 0 bridgehead atoms. The van der Waals surface area contributed by atoms with E-state index >= 15 is 0 Å². The highest BCUT2D eigenvalue weighted by molar-refractivity contribution is 6.09. The Balaban J connectivity index is 2.41. The van der Waals surface area contributed by atoms with Crippen molar-refractivity contribution >= 4 is 17.3 Å². The average Bonchev–Trinajstić information content (AvgIpc) is 2.45. The maximum atomic E-state index is 12.7. The summed E-state index contributed by atoms with van der Waals surface area (Å²) in [4.78, 5) is 14.4. The van der Waals surface area contributed by atoms with E-state index in [1.165, 1.54) is 5.56 Å². The largest absolute Gasteiger partial charge is 0.323 e. The van der Waals surface area contributed by atoms with Gasteiger partial charge >= 0.3 is 0 Å². The molecule has 1 amide bonds. The first-order valence-corrected chi connectivity index (χ1v) is 6.86. The molecule has 0 saturated heterocycles. The van der Waals surface area contributed by atoms with Crippen molar-refractivity contribution in [3.8, 4) is 0 Å². The maximum absolute atomic E-state index is 12.7. The van der Waals surface area contributed by atoms with E-state index in [1.54, 1.807) is 11.9 Å². The van der Waals surface area contributed by atoms with Crippen molar-refractivity contribution in [1.82, 2.24) is 0 Å². The monoisotopic (exact) mass is 283 g/mol. The second kappa shape index (κ2) is 5.97. The number of hydrogen-bond acceptors (Lipinski definition) is 3. The summed E-state index contributed by atoms with van der Waals surface area (Å²) in [5, 5.41) is 0. The number of hydrogen-bond donors (Lipinski definition) is 2. The second-order valence-electron chi connectivity index (χ2n) is 5.35. The molecule has 0 heterocycles. The van der Waals surface area contributed by atoms with Gasteiger partial charge in [-0.3, -0.25) is 10.6 Å². The number of rotatable bonds is 3. The smallest absolute Gasteiger partial charge is 0.260 e. The molecule has 0 aromatic heterocycles. The number of nitrogens with one attached hydrogen (secondary N) is 1. The van der Waals surface area contributed by atoms with Crippen LogP contribution in [0.15, 0.2) is 36.4 Å². The third-order valence-corrected chi connectivity index (χ3v) is 3.58. The lowest BCUT2D eigenvalue weighted by Gasteiger charge is -2.21. The van der Waals surface area contributed by atoms with Crippen molar-refractivity contribution in [2.45, 2.75) is 20.8 Å². The Labute approximate surface area is 125 Å². The number of amides is 1. The summed E-state index contributed by atoms with van der Waals surface area (Å²) in [5.74, 6) is 5.42. The van der Waals surface area contributed by atoms with Crippen LogP contribution in [0.25, 0.3) is 0 Å². The number of nitrogens with two attached hydrogens (primary N) is 1. The van der Waals surface area contributed by atoms with Gasteiger partial charge in [-0.15, -0.1) is 0 Å². The van der Waals surface area contributed by atoms with Gasteiger partial charge in [0.05, 0.1) is 11.3 Å². The molecule has 0 aliphatic heterocycles. The minimum absolute atomic E-state index is 0.0846. The predicted octanol–water partition coefficient (Wildman–Crippen LogP) is 3.17. The van der Waals surface area contributed by atoms with Crippen molar-refractivity contribution < 1.29 is 4.79 Å². The zero-order valence-electron chi connectivity index (χ0n) is 12.9. The van der Waals surface area contributed by atoms with Crippen molar-refractivity contribution in [3.05, 3.63) is 58.7 Å². The molecule has 2 rings (SSSR count). The van der Waals surface area contributed by atoms with E-state index in [-0.39, 0.29) is 5.91 Å². The Morgan fingerprint density at radius 3 is 2.29 bits per heavy atom. The molecule has 110 valence electrons. The van der Waals surface area contributed by atoms with Crippen LogP contribution in [-0.4, -0.2) is 13.0 Å². The van der Waals surface area contributed by atoms with Gasteiger partial charge in [0.15, 0.2) is 0 Å². The van der Waals surface area contributed by atoms with Crippen molar-refractivity contribution in [3.63, 3.8) is 0 Å². The number of benzene rings is 2. The first-order chi connectivity index (χ1) is 9.93. The molecule has 21 heavy (non-hydrogen) atoms. The van der Waals surface area contributed by atoms with Gasteiger partial charge < -0.3 is 10.3 Å². The van der Waals surface area contributed by atoms with E-state index < -0.39 is 0 Å². The van der Waals surface area contributed by atoms with Gasteiger partial charge in [0.25, 0.3) is 5.91 Å². The van der Waals surface area contributed by atoms with Gasteiger partial charge in [-0.2, -0.15) is 0 Å². The zero-order valence-corrected chi connectivity index (χ0v) is 12.9. The molecule has 4 nitrogen and oxygen atoms in total. The van der Waals surface area contributed by atoms with E-state index in [0.29, 0.717) is 11.3 Å². The Kier molecular flexibility index (Phi) is 4.29. The first-order valence-electron chi connectivity index (χ1n) is 6.86. The average molecular weight is 283 g/mol. The number of nitrogens with zero attached hydrogens (tertiary/aromatic N) is 1. The summed E-state index contributed by atoms with van der Waals surface area (Å²) in [7, 11) is 1.78. The van der Waals surface area contributed by atoms with E-state index in [0.717, 1.165) is 16.8 Å². The Bertz CT molecular complexity index is 680. The Morgan fingerprint density at radius 1 is 1.05 bits per heavy atom. The number of carbonyl (C=O) groups excluding carboxylic acids is 1. The molecule has 3 N–H and O–H groups in total. The van der Waals surface area contributed by atoms with E-state index in [2.05, 4.69) is 11.5 Å². The predicted molar refractivity (Wildman–Crippen MR) is 87.6 cm³/mol. The third kappa shape index (κ3) is 3.06. The number of carbonyl (C=O) groups is 1. The fraction of sp³-hybridized carbons (Fsp3) is 0.235. The lowest BCUT2D eigenvalue weighted by molar-refractivity contribution is 0.0993. The molecule has 0 fully saturated rings. The molecule has 0 spiro atoms. The number of hydrazine groups is 1. The minimum atomic E-state index is -0.0846. The molecular formula is C17H21N3O. The van der Waals surface area contributed by atoms with Gasteiger partial charge in [-0.25, -0.2) is 0 Å². The van der Waals surface area contributed by atoms with Crippen LogP contribution in [0.4, 0.5) is 11.4 Å². The highest BCUT2D eigenvalue weighted by Crippen LogP contribution is 2.24. The molecule has 0 saturated carbocycles. The van der Waals surface area contributed by atoms with Crippen molar-refractivity contribution in [2.24, 2.45) is 5.84 Å². The van der Waals surface area contributed by atoms with E-state index in [9.17, 15) is 4.79 Å². The summed E-state index contributed by atoms with van der Waals surface area (Å²) in [6.45, 7) is 5.99. The lowest BCUT2D eigenvalue weighted by Crippen LogP contribution is -2.28. The number of nitrogen functional groups attached to an aromatic ring is 1. The first kappa shape index (κ1) is 15.1. The van der Waals surface area contributed by atoms with Gasteiger partial charge in [-0.1, -0.05) is 29.3 Å². The molecule has 0 aliphatic carbocycles. The van der Waals surface area contributed by atoms with Gasteiger partial charge in [-0.05, 0) is 44.5 Å². The summed E-state index contributed by atoms with van der Waals surface area (Å²) in [6, 6.07) is 11.6. The Hall–Kier alpha value is -2.33. The SMILES string of the molecule is Cc1ccc(N(C)C(=O)c2cc(C)ccc2NN)c(C)c1. The molecule has 0 aliphatic rings. The third-order valence-electron chi connectivity index (χ3n) is 3.58. The number of aryl methyl sites for hydroxylation is 3. The summed E-state index contributed by atoms with van der Waals surface area (Å²) in [6.07, 6.45) is 0. The molecule has 2 aromatic rings. The van der Waals surface area contributed by atoms with Crippen LogP contribution in [0.2, 0.25) is 0 Å². The molecular weight excluding hydrogens is 262 g/mol. The standard InChI is InChI=1S/C17H21N3O/c1-11-6-8-16(13(3)9-11)20(4)17(21)14-10-12(2)5-7-15(14)19-18/h5-10,19H,18H2,1-4H3. The molecule has 0 atom stereocenters. The quantitative estimate of drug-likeness (QED) is 0.672. The van der Waals surface area contributed by atoms with Gasteiger partial charge in [0.2, 0.25) is 0 Å². The van der Waals surface area contributed by atoms with Crippen LogP contribution in [0.3, 0.4) is 0 Å². The summed E-state index contributed by atoms with van der Waals surface area (Å²) < 4.78 is 0. The fourth-order valence-electron chi connectivity index (χ4n) is 2.43.